The van der Waals surface area contributed by atoms with E-state index in [-0.39, 0.29) is 6.61 Å². The Morgan fingerprint density at radius 3 is 2.92 bits per heavy atom. The minimum atomic E-state index is -0.555. The second-order valence-electron chi connectivity index (χ2n) is 2.29. The summed E-state index contributed by atoms with van der Waals surface area (Å²) in [6.07, 6.45) is 0. The largest absolute Gasteiger partial charge is 0.489 e. The van der Waals surface area contributed by atoms with Crippen LogP contribution in [0.25, 0.3) is 0 Å². The third-order valence-corrected chi connectivity index (χ3v) is 1.89. The zero-order valence-corrected chi connectivity index (χ0v) is 8.34. The lowest BCUT2D eigenvalue weighted by Gasteiger charge is -2.05. The molecule has 0 saturated heterocycles. The summed E-state index contributed by atoms with van der Waals surface area (Å²) in [6.45, 7) is -0.572. The van der Waals surface area contributed by atoms with E-state index in [4.69, 9.17) is 10.00 Å². The van der Waals surface area contributed by atoms with E-state index in [9.17, 15) is 4.39 Å². The maximum Gasteiger partial charge on any atom is 0.137 e. The highest BCUT2D eigenvalue weighted by Crippen LogP contribution is 2.22. The van der Waals surface area contributed by atoms with E-state index in [0.717, 1.165) is 4.47 Å². The maximum atomic E-state index is 11.8. The summed E-state index contributed by atoms with van der Waals surface area (Å²) in [7, 11) is 0. The van der Waals surface area contributed by atoms with Gasteiger partial charge in [0.25, 0.3) is 0 Å². The molecule has 68 valence electrons. The summed E-state index contributed by atoms with van der Waals surface area (Å²) in [6, 6.07) is 6.98. The van der Waals surface area contributed by atoms with Gasteiger partial charge < -0.3 is 4.74 Å². The Bertz CT molecular complexity index is 335. The Morgan fingerprint density at radius 1 is 1.54 bits per heavy atom. The average Bonchev–Trinajstić information content (AvgIpc) is 2.16. The van der Waals surface area contributed by atoms with Gasteiger partial charge in [0.05, 0.1) is 5.56 Å². The standard InChI is InChI=1S/C9H7BrFNO/c10-8-1-2-9(13-4-3-11)7(5-8)6-12/h1-2,5H,3-4H2. The summed E-state index contributed by atoms with van der Waals surface area (Å²) in [5, 5.41) is 8.70. The number of nitrogens with zero attached hydrogens (tertiary/aromatic N) is 1. The molecule has 1 rings (SSSR count). The Balaban J connectivity index is 2.88. The molecule has 1 aromatic rings. The molecule has 0 radical (unpaired) electrons. The first-order valence-corrected chi connectivity index (χ1v) is 4.45. The van der Waals surface area contributed by atoms with Gasteiger partial charge in [0, 0.05) is 4.47 Å². The van der Waals surface area contributed by atoms with E-state index in [1.807, 2.05) is 6.07 Å². The fraction of sp³-hybridized carbons (Fsp3) is 0.222. The molecule has 0 bridgehead atoms. The van der Waals surface area contributed by atoms with Crippen LogP contribution in [0, 0.1) is 11.3 Å². The van der Waals surface area contributed by atoms with Gasteiger partial charge >= 0.3 is 0 Å². The zero-order chi connectivity index (χ0) is 9.68. The lowest BCUT2D eigenvalue weighted by atomic mass is 10.2. The molecule has 0 spiro atoms. The molecule has 0 atom stereocenters. The molecule has 0 aliphatic heterocycles. The van der Waals surface area contributed by atoms with Gasteiger partial charge in [0.1, 0.15) is 25.1 Å². The van der Waals surface area contributed by atoms with Crippen LogP contribution in [-0.2, 0) is 0 Å². The van der Waals surface area contributed by atoms with Crippen molar-refractivity contribution in [3.05, 3.63) is 28.2 Å². The molecule has 0 fully saturated rings. The van der Waals surface area contributed by atoms with Crippen molar-refractivity contribution in [3.8, 4) is 11.8 Å². The van der Waals surface area contributed by atoms with Gasteiger partial charge in [-0.25, -0.2) is 4.39 Å². The quantitative estimate of drug-likeness (QED) is 0.818. The molecule has 0 heterocycles. The number of nitriles is 1. The average molecular weight is 244 g/mol. The monoisotopic (exact) mass is 243 g/mol. The first-order chi connectivity index (χ1) is 6.27. The Labute approximate surface area is 84.1 Å². The Morgan fingerprint density at radius 2 is 2.31 bits per heavy atom. The predicted molar refractivity (Wildman–Crippen MR) is 50.3 cm³/mol. The molecule has 0 aromatic heterocycles. The van der Waals surface area contributed by atoms with E-state index in [1.165, 1.54) is 0 Å². The number of benzene rings is 1. The summed E-state index contributed by atoms with van der Waals surface area (Å²) >= 11 is 3.22. The van der Waals surface area contributed by atoms with Crippen LogP contribution in [0.2, 0.25) is 0 Å². The van der Waals surface area contributed by atoms with Crippen molar-refractivity contribution >= 4 is 15.9 Å². The number of halogens is 2. The van der Waals surface area contributed by atoms with E-state index in [0.29, 0.717) is 11.3 Å². The van der Waals surface area contributed by atoms with Gasteiger partial charge in [-0.2, -0.15) is 5.26 Å². The highest BCUT2D eigenvalue weighted by Gasteiger charge is 2.02. The molecule has 13 heavy (non-hydrogen) atoms. The molecule has 1 aromatic carbocycles. The van der Waals surface area contributed by atoms with Crippen LogP contribution in [0.15, 0.2) is 22.7 Å². The molecule has 0 saturated carbocycles. The molecule has 0 aliphatic carbocycles. The molecule has 0 amide bonds. The van der Waals surface area contributed by atoms with E-state index in [2.05, 4.69) is 15.9 Å². The van der Waals surface area contributed by atoms with Gasteiger partial charge in [0.2, 0.25) is 0 Å². The van der Waals surface area contributed by atoms with Crippen LogP contribution >= 0.6 is 15.9 Å². The number of alkyl halides is 1. The lowest BCUT2D eigenvalue weighted by molar-refractivity contribution is 0.272. The minimum absolute atomic E-state index is 0.0175. The fourth-order valence-electron chi connectivity index (χ4n) is 0.864. The fourth-order valence-corrected chi connectivity index (χ4v) is 1.23. The number of hydrogen-bond acceptors (Lipinski definition) is 2. The van der Waals surface area contributed by atoms with E-state index >= 15 is 0 Å². The first-order valence-electron chi connectivity index (χ1n) is 3.66. The van der Waals surface area contributed by atoms with Crippen LogP contribution < -0.4 is 4.74 Å². The topological polar surface area (TPSA) is 33.0 Å². The van der Waals surface area contributed by atoms with Gasteiger partial charge in [-0.3, -0.25) is 0 Å². The van der Waals surface area contributed by atoms with Crippen LogP contribution in [0.4, 0.5) is 4.39 Å². The van der Waals surface area contributed by atoms with Crippen LogP contribution in [0.3, 0.4) is 0 Å². The van der Waals surface area contributed by atoms with Gasteiger partial charge in [-0.05, 0) is 18.2 Å². The van der Waals surface area contributed by atoms with E-state index < -0.39 is 6.67 Å². The smallest absolute Gasteiger partial charge is 0.137 e. The second kappa shape index (κ2) is 4.83. The summed E-state index contributed by atoms with van der Waals surface area (Å²) < 4.78 is 17.6. The number of hydrogen-bond donors (Lipinski definition) is 0. The third kappa shape index (κ3) is 2.71. The second-order valence-corrected chi connectivity index (χ2v) is 3.21. The predicted octanol–water partition coefficient (Wildman–Crippen LogP) is 2.67. The first kappa shape index (κ1) is 10.0. The maximum absolute atomic E-state index is 11.8. The van der Waals surface area contributed by atoms with E-state index in [1.54, 1.807) is 18.2 Å². The summed E-state index contributed by atoms with van der Waals surface area (Å²) in [5.74, 6) is 0.420. The molecule has 0 N–H and O–H groups in total. The summed E-state index contributed by atoms with van der Waals surface area (Å²) in [4.78, 5) is 0. The third-order valence-electron chi connectivity index (χ3n) is 1.40. The molecule has 0 aliphatic rings. The molecule has 0 unspecified atom stereocenters. The molecule has 4 heteroatoms. The number of rotatable bonds is 3. The van der Waals surface area contributed by atoms with Crippen LogP contribution in [0.5, 0.6) is 5.75 Å². The summed E-state index contributed by atoms with van der Waals surface area (Å²) in [5.41, 5.74) is 0.405. The van der Waals surface area contributed by atoms with Crippen molar-refractivity contribution in [2.75, 3.05) is 13.3 Å². The Kier molecular flexibility index (Phi) is 3.71. The normalized spacial score (nSPS) is 9.31. The molecular formula is C9H7BrFNO. The van der Waals surface area contributed by atoms with Gasteiger partial charge in [-0.1, -0.05) is 15.9 Å². The minimum Gasteiger partial charge on any atom is -0.489 e. The van der Waals surface area contributed by atoms with Crippen molar-refractivity contribution in [3.63, 3.8) is 0 Å². The number of ether oxygens (including phenoxy) is 1. The van der Waals surface area contributed by atoms with Gasteiger partial charge in [-0.15, -0.1) is 0 Å². The Hall–Kier alpha value is -1.08. The van der Waals surface area contributed by atoms with Crippen molar-refractivity contribution in [1.29, 1.82) is 5.26 Å². The van der Waals surface area contributed by atoms with Crippen molar-refractivity contribution in [2.24, 2.45) is 0 Å². The SMILES string of the molecule is N#Cc1cc(Br)ccc1OCCF. The van der Waals surface area contributed by atoms with Crippen molar-refractivity contribution in [1.82, 2.24) is 0 Å². The molecular weight excluding hydrogens is 237 g/mol. The van der Waals surface area contributed by atoms with Crippen molar-refractivity contribution < 1.29 is 9.13 Å². The van der Waals surface area contributed by atoms with Crippen LogP contribution in [-0.4, -0.2) is 13.3 Å². The lowest BCUT2D eigenvalue weighted by Crippen LogP contribution is -2.00. The van der Waals surface area contributed by atoms with Crippen LogP contribution in [0.1, 0.15) is 5.56 Å². The zero-order valence-electron chi connectivity index (χ0n) is 6.76. The molecule has 2 nitrogen and oxygen atoms in total. The highest BCUT2D eigenvalue weighted by molar-refractivity contribution is 9.10. The van der Waals surface area contributed by atoms with Crippen molar-refractivity contribution in [2.45, 2.75) is 0 Å². The van der Waals surface area contributed by atoms with Gasteiger partial charge in [0.15, 0.2) is 0 Å². The highest BCUT2D eigenvalue weighted by atomic mass is 79.9.